The van der Waals surface area contributed by atoms with Gasteiger partial charge in [0.1, 0.15) is 0 Å². The Labute approximate surface area is 83.6 Å². The van der Waals surface area contributed by atoms with Gasteiger partial charge >= 0.3 is 29.6 Å². The Morgan fingerprint density at radius 3 is 2.40 bits per heavy atom. The van der Waals surface area contributed by atoms with Crippen LogP contribution in [0.5, 0.6) is 0 Å². The molecule has 0 rings (SSSR count). The topological polar surface area (TPSA) is 40.1 Å². The molecule has 0 aromatic rings. The quantitative estimate of drug-likeness (QED) is 0.256. The number of rotatable bonds is 3. The maximum atomic E-state index is 10.7. The summed E-state index contributed by atoms with van der Waals surface area (Å²) in [5, 5.41) is 9.96. The second kappa shape index (κ2) is 7.32. The Balaban J connectivity index is 0. The fraction of sp³-hybridized carbons (Fsp3) is 0.571. The molecule has 0 saturated carbocycles. The van der Waals surface area contributed by atoms with E-state index in [0.717, 1.165) is 6.42 Å². The molecular weight excluding hydrogens is 139 g/mol. The van der Waals surface area contributed by atoms with Crippen molar-refractivity contribution in [3.8, 4) is 0 Å². The molecule has 0 unspecified atom stereocenters. The fourth-order valence-electron chi connectivity index (χ4n) is 0.490. The number of carbonyl (C=O) groups is 1. The first-order valence-electron chi connectivity index (χ1n) is 3.04. The molecule has 0 atom stereocenters. The SMILES string of the molecule is CCCC(=O)/C(C)=C/[O-].[Na+]. The molecule has 0 fully saturated rings. The molecule has 0 N–H and O–H groups in total. The number of hydrogen-bond acceptors (Lipinski definition) is 2. The van der Waals surface area contributed by atoms with Gasteiger partial charge in [-0.05, 0) is 18.9 Å². The van der Waals surface area contributed by atoms with Gasteiger partial charge in [0.25, 0.3) is 0 Å². The van der Waals surface area contributed by atoms with Crippen LogP contribution < -0.4 is 34.7 Å². The molecule has 0 saturated heterocycles. The summed E-state index contributed by atoms with van der Waals surface area (Å²) in [5.41, 5.74) is 0.330. The van der Waals surface area contributed by atoms with Crippen LogP contribution >= 0.6 is 0 Å². The zero-order valence-corrected chi connectivity index (χ0v) is 8.81. The third-order valence-corrected chi connectivity index (χ3v) is 1.09. The number of allylic oxidation sites excluding steroid dienone is 1. The predicted molar refractivity (Wildman–Crippen MR) is 33.7 cm³/mol. The average molecular weight is 150 g/mol. The number of carbonyl (C=O) groups excluding carboxylic acids is 1. The summed E-state index contributed by atoms with van der Waals surface area (Å²) in [6, 6.07) is 0. The normalized spacial score (nSPS) is 10.4. The Morgan fingerprint density at radius 2 is 2.10 bits per heavy atom. The summed E-state index contributed by atoms with van der Waals surface area (Å²) in [7, 11) is 0. The number of Topliss-reactive ketones (excluding diaryl/α,β-unsaturated/α-hetero) is 1. The van der Waals surface area contributed by atoms with Gasteiger partial charge in [-0.1, -0.05) is 6.92 Å². The molecule has 0 aliphatic rings. The van der Waals surface area contributed by atoms with E-state index >= 15 is 0 Å². The molecule has 0 aromatic carbocycles. The van der Waals surface area contributed by atoms with Crippen LogP contribution in [0.15, 0.2) is 11.8 Å². The van der Waals surface area contributed by atoms with Gasteiger partial charge in [0.05, 0.1) is 0 Å². The first-order valence-corrected chi connectivity index (χ1v) is 3.04. The van der Waals surface area contributed by atoms with Gasteiger partial charge in [-0.2, -0.15) is 0 Å². The van der Waals surface area contributed by atoms with Crippen LogP contribution in [0.3, 0.4) is 0 Å². The van der Waals surface area contributed by atoms with Gasteiger partial charge in [-0.15, -0.1) is 6.26 Å². The minimum atomic E-state index is -0.0347. The molecule has 0 heterocycles. The van der Waals surface area contributed by atoms with E-state index in [9.17, 15) is 9.90 Å². The minimum absolute atomic E-state index is 0. The first kappa shape index (κ1) is 12.8. The third-order valence-electron chi connectivity index (χ3n) is 1.09. The summed E-state index contributed by atoms with van der Waals surface area (Å²) in [4.78, 5) is 10.7. The van der Waals surface area contributed by atoms with Crippen LogP contribution in [0.1, 0.15) is 26.7 Å². The first-order chi connectivity index (χ1) is 4.22. The van der Waals surface area contributed by atoms with E-state index in [1.165, 1.54) is 0 Å². The van der Waals surface area contributed by atoms with E-state index in [0.29, 0.717) is 18.3 Å². The molecule has 0 radical (unpaired) electrons. The molecular formula is C7H11NaO2. The Bertz CT molecular complexity index is 130. The van der Waals surface area contributed by atoms with Crippen molar-refractivity contribution >= 4 is 5.78 Å². The molecule has 0 aliphatic heterocycles. The van der Waals surface area contributed by atoms with E-state index in [1.807, 2.05) is 6.92 Å². The largest absolute Gasteiger partial charge is 1.00 e. The zero-order valence-electron chi connectivity index (χ0n) is 6.81. The van der Waals surface area contributed by atoms with Gasteiger partial charge in [0.2, 0.25) is 0 Å². The maximum absolute atomic E-state index is 10.7. The second-order valence-electron chi connectivity index (χ2n) is 1.97. The molecule has 0 bridgehead atoms. The van der Waals surface area contributed by atoms with Gasteiger partial charge in [0.15, 0.2) is 5.78 Å². The van der Waals surface area contributed by atoms with Crippen molar-refractivity contribution in [2.75, 3.05) is 0 Å². The Morgan fingerprint density at radius 1 is 1.60 bits per heavy atom. The molecule has 2 nitrogen and oxygen atoms in total. The van der Waals surface area contributed by atoms with Crippen molar-refractivity contribution in [1.29, 1.82) is 0 Å². The summed E-state index contributed by atoms with van der Waals surface area (Å²) < 4.78 is 0. The van der Waals surface area contributed by atoms with Crippen molar-refractivity contribution in [1.82, 2.24) is 0 Å². The standard InChI is InChI=1S/C7H12O2.Na/c1-3-4-7(9)6(2)5-8;/h5,8H,3-4H2,1-2H3;/q;+1/p-1/b6-5+;. The molecule has 10 heavy (non-hydrogen) atoms. The van der Waals surface area contributed by atoms with Crippen molar-refractivity contribution in [3.63, 3.8) is 0 Å². The second-order valence-corrected chi connectivity index (χ2v) is 1.97. The van der Waals surface area contributed by atoms with Crippen molar-refractivity contribution in [2.45, 2.75) is 26.7 Å². The maximum Gasteiger partial charge on any atom is 1.00 e. The smallest absolute Gasteiger partial charge is 0.878 e. The number of hydrogen-bond donors (Lipinski definition) is 0. The van der Waals surface area contributed by atoms with Crippen molar-refractivity contribution in [2.24, 2.45) is 0 Å². The van der Waals surface area contributed by atoms with Gasteiger partial charge in [-0.25, -0.2) is 0 Å². The van der Waals surface area contributed by atoms with Gasteiger partial charge in [0, 0.05) is 6.42 Å². The van der Waals surface area contributed by atoms with Gasteiger partial charge in [-0.3, -0.25) is 4.79 Å². The summed E-state index contributed by atoms with van der Waals surface area (Å²) in [5.74, 6) is -0.0347. The average Bonchev–Trinajstić information content (AvgIpc) is 1.87. The van der Waals surface area contributed by atoms with Gasteiger partial charge < -0.3 is 5.11 Å². The predicted octanol–water partition coefficient (Wildman–Crippen LogP) is -2.38. The van der Waals surface area contributed by atoms with Crippen LogP contribution in [-0.4, -0.2) is 5.78 Å². The van der Waals surface area contributed by atoms with E-state index in [-0.39, 0.29) is 35.3 Å². The molecule has 3 heteroatoms. The van der Waals surface area contributed by atoms with Crippen LogP contribution in [0, 0.1) is 0 Å². The summed E-state index contributed by atoms with van der Waals surface area (Å²) >= 11 is 0. The molecule has 0 spiro atoms. The van der Waals surface area contributed by atoms with Crippen molar-refractivity contribution in [3.05, 3.63) is 11.8 Å². The summed E-state index contributed by atoms with van der Waals surface area (Å²) in [6.45, 7) is 3.46. The van der Waals surface area contributed by atoms with Crippen LogP contribution in [-0.2, 0) is 4.79 Å². The molecule has 0 aliphatic carbocycles. The van der Waals surface area contributed by atoms with E-state index in [4.69, 9.17) is 0 Å². The minimum Gasteiger partial charge on any atom is -0.878 e. The number of ketones is 1. The molecule has 0 aromatic heterocycles. The molecule has 0 amide bonds. The van der Waals surface area contributed by atoms with Crippen LogP contribution in [0.25, 0.3) is 0 Å². The van der Waals surface area contributed by atoms with E-state index in [2.05, 4.69) is 0 Å². The Kier molecular flexibility index (Phi) is 9.40. The van der Waals surface area contributed by atoms with E-state index in [1.54, 1.807) is 6.92 Å². The monoisotopic (exact) mass is 150 g/mol. The Hall–Kier alpha value is 0.210. The third kappa shape index (κ3) is 5.03. The fourth-order valence-corrected chi connectivity index (χ4v) is 0.490. The van der Waals surface area contributed by atoms with Crippen LogP contribution in [0.2, 0.25) is 0 Å². The van der Waals surface area contributed by atoms with Crippen LogP contribution in [0.4, 0.5) is 0 Å². The zero-order chi connectivity index (χ0) is 7.28. The van der Waals surface area contributed by atoms with Crippen molar-refractivity contribution < 1.29 is 39.5 Å². The van der Waals surface area contributed by atoms with E-state index < -0.39 is 0 Å². The molecule has 52 valence electrons. The summed E-state index contributed by atoms with van der Waals surface area (Å²) in [6.07, 6.45) is 1.91.